The van der Waals surface area contributed by atoms with E-state index in [2.05, 4.69) is 15.6 Å². The number of nitrogens with one attached hydrogen (secondary N) is 3. The van der Waals surface area contributed by atoms with Crippen LogP contribution in [0.2, 0.25) is 10.0 Å². The number of primary amides is 1. The lowest BCUT2D eigenvalue weighted by Gasteiger charge is -2.13. The molecule has 2 rings (SSSR count). The molecule has 7 nitrogen and oxygen atoms in total. The third-order valence-electron chi connectivity index (χ3n) is 3.29. The largest absolute Gasteiger partial charge is 0.382 e. The van der Waals surface area contributed by atoms with E-state index >= 15 is 0 Å². The van der Waals surface area contributed by atoms with Crippen LogP contribution in [-0.2, 0) is 0 Å². The van der Waals surface area contributed by atoms with Gasteiger partial charge in [0.15, 0.2) is 0 Å². The van der Waals surface area contributed by atoms with Crippen molar-refractivity contribution in [3.8, 4) is 0 Å². The Morgan fingerprint density at radius 3 is 2.40 bits per heavy atom. The van der Waals surface area contributed by atoms with Gasteiger partial charge in [0.2, 0.25) is 5.91 Å². The smallest absolute Gasteiger partial charge is 0.273 e. The van der Waals surface area contributed by atoms with Gasteiger partial charge in [0.1, 0.15) is 5.69 Å². The zero-order valence-electron chi connectivity index (χ0n) is 13.3. The minimum Gasteiger partial charge on any atom is -0.382 e. The number of H-pyrrole nitrogens is 1. The van der Waals surface area contributed by atoms with E-state index in [0.29, 0.717) is 40.7 Å². The molecule has 0 fully saturated rings. The summed E-state index contributed by atoms with van der Waals surface area (Å²) in [4.78, 5) is 26.6. The minimum absolute atomic E-state index is 0. The zero-order valence-corrected chi connectivity index (χ0v) is 15.6. The van der Waals surface area contributed by atoms with Crippen LogP contribution in [0.5, 0.6) is 0 Å². The van der Waals surface area contributed by atoms with Crippen LogP contribution in [0.15, 0.2) is 18.2 Å². The average Bonchev–Trinajstić information content (AvgIpc) is 2.81. The van der Waals surface area contributed by atoms with Crippen LogP contribution in [-0.4, -0.2) is 29.9 Å². The SMILES string of the molecule is Cc1[nH]c(C(=O)Nc2ccc(C(N)=O)cc2NCCN)c(Cl)c1Cl.Cl. The maximum atomic E-state index is 12.4. The van der Waals surface area contributed by atoms with E-state index in [-0.39, 0.29) is 23.1 Å². The van der Waals surface area contributed by atoms with E-state index in [4.69, 9.17) is 34.7 Å². The molecule has 0 saturated carbocycles. The molecule has 0 radical (unpaired) electrons. The van der Waals surface area contributed by atoms with Gasteiger partial charge in [0.25, 0.3) is 5.91 Å². The summed E-state index contributed by atoms with van der Waals surface area (Å²) >= 11 is 12.0. The number of rotatable bonds is 6. The Balaban J connectivity index is 0.00000312. The molecule has 1 aromatic carbocycles. The molecule has 0 bridgehead atoms. The topological polar surface area (TPSA) is 126 Å². The summed E-state index contributed by atoms with van der Waals surface area (Å²) in [5, 5.41) is 6.19. The quantitative estimate of drug-likeness (QED) is 0.505. The van der Waals surface area contributed by atoms with Crippen molar-refractivity contribution in [2.45, 2.75) is 6.92 Å². The van der Waals surface area contributed by atoms with Crippen LogP contribution in [0.4, 0.5) is 11.4 Å². The fourth-order valence-electron chi connectivity index (χ4n) is 2.07. The summed E-state index contributed by atoms with van der Waals surface area (Å²) in [6.07, 6.45) is 0. The Bertz CT molecular complexity index is 792. The van der Waals surface area contributed by atoms with Crippen LogP contribution < -0.4 is 22.1 Å². The summed E-state index contributed by atoms with van der Waals surface area (Å²) in [5.41, 5.74) is 12.8. The molecule has 0 spiro atoms. The van der Waals surface area contributed by atoms with E-state index in [0.717, 1.165) is 0 Å². The van der Waals surface area contributed by atoms with Gasteiger partial charge in [0, 0.05) is 24.3 Å². The fraction of sp³-hybridized carbons (Fsp3) is 0.200. The molecular formula is C15H18Cl3N5O2. The normalized spacial score (nSPS) is 10.1. The Morgan fingerprint density at radius 1 is 1.20 bits per heavy atom. The number of aromatic amines is 1. The first-order chi connectivity index (χ1) is 11.3. The summed E-state index contributed by atoms with van der Waals surface area (Å²) in [7, 11) is 0. The van der Waals surface area contributed by atoms with E-state index in [9.17, 15) is 9.59 Å². The first kappa shape index (κ1) is 21.1. The van der Waals surface area contributed by atoms with Gasteiger partial charge in [-0.25, -0.2) is 0 Å². The lowest BCUT2D eigenvalue weighted by molar-refractivity contribution is 0.0998. The van der Waals surface area contributed by atoms with E-state index in [1.165, 1.54) is 6.07 Å². The van der Waals surface area contributed by atoms with E-state index < -0.39 is 11.8 Å². The van der Waals surface area contributed by atoms with Crippen LogP contribution in [0.3, 0.4) is 0 Å². The van der Waals surface area contributed by atoms with E-state index in [1.807, 2.05) is 0 Å². The van der Waals surface area contributed by atoms with Crippen molar-refractivity contribution in [3.05, 3.63) is 45.2 Å². The molecule has 0 saturated heterocycles. The van der Waals surface area contributed by atoms with Crippen LogP contribution in [0, 0.1) is 6.92 Å². The highest BCUT2D eigenvalue weighted by Gasteiger charge is 2.19. The van der Waals surface area contributed by atoms with Gasteiger partial charge < -0.3 is 27.1 Å². The van der Waals surface area contributed by atoms with Crippen molar-refractivity contribution in [1.82, 2.24) is 4.98 Å². The summed E-state index contributed by atoms with van der Waals surface area (Å²) in [6.45, 7) is 2.55. The fourth-order valence-corrected chi connectivity index (χ4v) is 2.49. The molecule has 25 heavy (non-hydrogen) atoms. The maximum absolute atomic E-state index is 12.4. The number of carbonyl (C=O) groups excluding carboxylic acids is 2. The van der Waals surface area contributed by atoms with Gasteiger partial charge in [0.05, 0.1) is 21.4 Å². The van der Waals surface area contributed by atoms with Crippen molar-refractivity contribution < 1.29 is 9.59 Å². The summed E-state index contributed by atoms with van der Waals surface area (Å²) in [6, 6.07) is 4.63. The second-order valence-electron chi connectivity index (χ2n) is 5.05. The van der Waals surface area contributed by atoms with Crippen molar-refractivity contribution in [2.75, 3.05) is 23.7 Å². The second-order valence-corrected chi connectivity index (χ2v) is 5.80. The molecule has 7 N–H and O–H groups in total. The molecule has 0 unspecified atom stereocenters. The molecule has 0 aliphatic carbocycles. The van der Waals surface area contributed by atoms with Crippen LogP contribution in [0.1, 0.15) is 26.5 Å². The van der Waals surface area contributed by atoms with Gasteiger partial charge in [-0.1, -0.05) is 23.2 Å². The number of nitrogens with two attached hydrogens (primary N) is 2. The first-order valence-electron chi connectivity index (χ1n) is 7.07. The molecule has 10 heteroatoms. The Hall–Kier alpha value is -1.93. The Morgan fingerprint density at radius 2 is 1.88 bits per heavy atom. The van der Waals surface area contributed by atoms with Crippen LogP contribution >= 0.6 is 35.6 Å². The highest BCUT2D eigenvalue weighted by Crippen LogP contribution is 2.30. The molecule has 0 aliphatic rings. The molecule has 1 heterocycles. The van der Waals surface area contributed by atoms with Crippen molar-refractivity contribution in [3.63, 3.8) is 0 Å². The molecule has 0 aliphatic heterocycles. The molecule has 136 valence electrons. The molecule has 2 amide bonds. The van der Waals surface area contributed by atoms with Gasteiger partial charge >= 0.3 is 0 Å². The zero-order chi connectivity index (χ0) is 17.9. The number of aryl methyl sites for hydroxylation is 1. The molecule has 1 aromatic heterocycles. The number of aromatic nitrogens is 1. The summed E-state index contributed by atoms with van der Waals surface area (Å²) < 4.78 is 0. The number of hydrogen-bond acceptors (Lipinski definition) is 4. The van der Waals surface area contributed by atoms with Gasteiger partial charge in [-0.15, -0.1) is 12.4 Å². The van der Waals surface area contributed by atoms with Crippen molar-refractivity contribution >= 4 is 58.8 Å². The number of halogens is 3. The van der Waals surface area contributed by atoms with Gasteiger partial charge in [-0.2, -0.15) is 0 Å². The third-order valence-corrected chi connectivity index (χ3v) is 4.24. The second kappa shape index (κ2) is 8.96. The lowest BCUT2D eigenvalue weighted by atomic mass is 10.1. The Labute approximate surface area is 160 Å². The Kier molecular flexibility index (Phi) is 7.57. The molecular weight excluding hydrogens is 389 g/mol. The van der Waals surface area contributed by atoms with Crippen molar-refractivity contribution in [2.24, 2.45) is 11.5 Å². The predicted octanol–water partition coefficient (Wildman–Crippen LogP) is 2.77. The number of hydrogen-bond donors (Lipinski definition) is 5. The summed E-state index contributed by atoms with van der Waals surface area (Å²) in [5.74, 6) is -1.03. The third kappa shape index (κ3) is 4.79. The average molecular weight is 407 g/mol. The number of amides is 2. The van der Waals surface area contributed by atoms with Crippen LogP contribution in [0.25, 0.3) is 0 Å². The molecule has 0 atom stereocenters. The highest BCUT2D eigenvalue weighted by molar-refractivity contribution is 6.44. The number of carbonyl (C=O) groups is 2. The number of benzene rings is 1. The standard InChI is InChI=1S/C15H17Cl2N5O2.ClH/c1-7-11(16)12(17)13(21-7)15(24)22-9-3-2-8(14(19)23)6-10(9)20-5-4-18;/h2-3,6,20-21H,4-5,18H2,1H3,(H2,19,23)(H,22,24);1H. The maximum Gasteiger partial charge on any atom is 0.273 e. The lowest BCUT2D eigenvalue weighted by Crippen LogP contribution is -2.18. The van der Waals surface area contributed by atoms with E-state index in [1.54, 1.807) is 19.1 Å². The van der Waals surface area contributed by atoms with Crippen molar-refractivity contribution in [1.29, 1.82) is 0 Å². The van der Waals surface area contributed by atoms with Gasteiger partial charge in [-0.05, 0) is 25.1 Å². The minimum atomic E-state index is -0.571. The van der Waals surface area contributed by atoms with Gasteiger partial charge in [-0.3, -0.25) is 9.59 Å². The first-order valence-corrected chi connectivity index (χ1v) is 7.83. The predicted molar refractivity (Wildman–Crippen MR) is 103 cm³/mol. The highest BCUT2D eigenvalue weighted by atomic mass is 35.5. The monoisotopic (exact) mass is 405 g/mol. The molecule has 2 aromatic rings. The number of anilines is 2.